The van der Waals surface area contributed by atoms with Crippen LogP contribution in [0.1, 0.15) is 42.3 Å². The molecule has 1 amide bonds. The summed E-state index contributed by atoms with van der Waals surface area (Å²) >= 11 is 1.72. The lowest BCUT2D eigenvalue weighted by atomic mass is 10.1. The van der Waals surface area contributed by atoms with E-state index < -0.39 is 0 Å². The number of ether oxygens (including phenoxy) is 1. The van der Waals surface area contributed by atoms with Gasteiger partial charge in [0.1, 0.15) is 5.75 Å². The van der Waals surface area contributed by atoms with Crippen LogP contribution in [0.4, 0.5) is 0 Å². The molecule has 1 saturated carbocycles. The van der Waals surface area contributed by atoms with E-state index in [1.165, 1.54) is 11.1 Å². The maximum absolute atomic E-state index is 12.9. The van der Waals surface area contributed by atoms with E-state index in [9.17, 15) is 4.79 Å². The lowest BCUT2D eigenvalue weighted by Gasteiger charge is -2.24. The van der Waals surface area contributed by atoms with E-state index in [2.05, 4.69) is 33.9 Å². The number of hydrogen-bond donors (Lipinski definition) is 0. The molecule has 1 aromatic carbocycles. The normalized spacial score (nSPS) is 26.3. The second-order valence-corrected chi connectivity index (χ2v) is 7.25. The largest absolute Gasteiger partial charge is 0.497 e. The number of thiophene rings is 1. The monoisotopic (exact) mass is 327 g/mol. The van der Waals surface area contributed by atoms with Crippen LogP contribution in [0.3, 0.4) is 0 Å². The molecule has 1 aliphatic carbocycles. The Kier molecular flexibility index (Phi) is 3.85. The van der Waals surface area contributed by atoms with Gasteiger partial charge >= 0.3 is 0 Å². The Labute approximate surface area is 140 Å². The second-order valence-electron chi connectivity index (χ2n) is 6.47. The van der Waals surface area contributed by atoms with Crippen LogP contribution in [0.15, 0.2) is 41.1 Å². The van der Waals surface area contributed by atoms with Crippen molar-refractivity contribution >= 4 is 17.2 Å². The van der Waals surface area contributed by atoms with Gasteiger partial charge in [-0.25, -0.2) is 0 Å². The molecule has 4 heteroatoms. The van der Waals surface area contributed by atoms with Crippen LogP contribution in [0.2, 0.25) is 0 Å². The number of likely N-dealkylation sites (tertiary alicyclic amines) is 1. The average molecular weight is 327 g/mol. The van der Waals surface area contributed by atoms with E-state index in [-0.39, 0.29) is 5.92 Å². The van der Waals surface area contributed by atoms with Crippen molar-refractivity contribution < 1.29 is 9.53 Å². The smallest absolute Gasteiger partial charge is 0.226 e. The fourth-order valence-corrected chi connectivity index (χ4v) is 4.45. The number of nitrogens with zero attached hydrogens (tertiary/aromatic N) is 1. The lowest BCUT2D eigenvalue weighted by Crippen LogP contribution is -2.32. The van der Waals surface area contributed by atoms with Gasteiger partial charge in [0, 0.05) is 12.5 Å². The number of carbonyl (C=O) groups excluding carboxylic acids is 1. The highest BCUT2D eigenvalue weighted by molar-refractivity contribution is 7.07. The summed E-state index contributed by atoms with van der Waals surface area (Å²) in [4.78, 5) is 15.0. The SMILES string of the molecule is COc1ccc([C@@H]2C[C@@H]2C(=O)N2CCC[C@@H]2c2ccsc2)cc1. The van der Waals surface area contributed by atoms with Crippen molar-refractivity contribution in [1.29, 1.82) is 0 Å². The van der Waals surface area contributed by atoms with E-state index in [4.69, 9.17) is 4.74 Å². The van der Waals surface area contributed by atoms with Crippen molar-refractivity contribution in [1.82, 2.24) is 4.90 Å². The molecule has 1 saturated heterocycles. The molecule has 2 fully saturated rings. The standard InChI is InChI=1S/C19H21NO2S/c1-22-15-6-4-13(5-7-15)16-11-17(16)19(21)20-9-2-3-18(20)14-8-10-23-12-14/h4-8,10,12,16-18H,2-3,9,11H2,1H3/t16-,17-,18+/m0/s1. The molecule has 2 aromatic rings. The van der Waals surface area contributed by atoms with E-state index in [1.54, 1.807) is 18.4 Å². The van der Waals surface area contributed by atoms with Crippen molar-refractivity contribution in [2.45, 2.75) is 31.2 Å². The van der Waals surface area contributed by atoms with Crippen LogP contribution in [-0.4, -0.2) is 24.5 Å². The van der Waals surface area contributed by atoms with E-state index in [1.807, 2.05) is 12.1 Å². The van der Waals surface area contributed by atoms with Gasteiger partial charge in [0.25, 0.3) is 0 Å². The second kappa shape index (κ2) is 6.00. The molecule has 3 nitrogen and oxygen atoms in total. The molecule has 0 N–H and O–H groups in total. The molecule has 3 atom stereocenters. The van der Waals surface area contributed by atoms with Gasteiger partial charge in [0.2, 0.25) is 5.91 Å². The topological polar surface area (TPSA) is 29.5 Å². The quantitative estimate of drug-likeness (QED) is 0.841. The summed E-state index contributed by atoms with van der Waals surface area (Å²) in [6, 6.07) is 10.6. The number of hydrogen-bond acceptors (Lipinski definition) is 3. The van der Waals surface area contributed by atoms with Crippen LogP contribution >= 0.6 is 11.3 Å². The summed E-state index contributed by atoms with van der Waals surface area (Å²) in [5.41, 5.74) is 2.57. The third-order valence-electron chi connectivity index (χ3n) is 5.12. The van der Waals surface area contributed by atoms with Crippen LogP contribution in [-0.2, 0) is 4.79 Å². The molecule has 4 rings (SSSR count). The zero-order valence-corrected chi connectivity index (χ0v) is 14.1. The van der Waals surface area contributed by atoms with Gasteiger partial charge in [-0.1, -0.05) is 12.1 Å². The van der Waals surface area contributed by atoms with Gasteiger partial charge in [-0.15, -0.1) is 0 Å². The predicted molar refractivity (Wildman–Crippen MR) is 91.8 cm³/mol. The fourth-order valence-electron chi connectivity index (χ4n) is 3.74. The number of methoxy groups -OCH3 is 1. The number of rotatable bonds is 4. The molecular weight excluding hydrogens is 306 g/mol. The predicted octanol–water partition coefficient (Wildman–Crippen LogP) is 4.22. The fraction of sp³-hybridized carbons (Fsp3) is 0.421. The van der Waals surface area contributed by atoms with Gasteiger partial charge in [-0.2, -0.15) is 11.3 Å². The minimum Gasteiger partial charge on any atom is -0.497 e. The van der Waals surface area contributed by atoms with Crippen molar-refractivity contribution in [2.75, 3.05) is 13.7 Å². The third kappa shape index (κ3) is 2.76. The van der Waals surface area contributed by atoms with Crippen LogP contribution < -0.4 is 4.74 Å². The minimum absolute atomic E-state index is 0.169. The van der Waals surface area contributed by atoms with E-state index in [0.29, 0.717) is 17.9 Å². The highest BCUT2D eigenvalue weighted by atomic mass is 32.1. The molecule has 0 bridgehead atoms. The van der Waals surface area contributed by atoms with Crippen molar-refractivity contribution in [3.8, 4) is 5.75 Å². The summed E-state index contributed by atoms with van der Waals surface area (Å²) in [6.45, 7) is 0.908. The van der Waals surface area contributed by atoms with Crippen LogP contribution in [0.25, 0.3) is 0 Å². The summed E-state index contributed by atoms with van der Waals surface area (Å²) in [5, 5.41) is 4.29. The van der Waals surface area contributed by atoms with Gasteiger partial charge in [-0.3, -0.25) is 4.79 Å². The molecule has 0 unspecified atom stereocenters. The van der Waals surface area contributed by atoms with Crippen LogP contribution in [0, 0.1) is 5.92 Å². The third-order valence-corrected chi connectivity index (χ3v) is 5.82. The molecule has 1 aromatic heterocycles. The zero-order chi connectivity index (χ0) is 15.8. The first kappa shape index (κ1) is 14.8. The molecule has 23 heavy (non-hydrogen) atoms. The van der Waals surface area contributed by atoms with Gasteiger partial charge in [0.15, 0.2) is 0 Å². The molecule has 0 spiro atoms. The zero-order valence-electron chi connectivity index (χ0n) is 13.3. The van der Waals surface area contributed by atoms with Crippen molar-refractivity contribution in [3.63, 3.8) is 0 Å². The Hall–Kier alpha value is -1.81. The van der Waals surface area contributed by atoms with Gasteiger partial charge < -0.3 is 9.64 Å². The first-order valence-corrected chi connectivity index (χ1v) is 9.18. The summed E-state index contributed by atoms with van der Waals surface area (Å²) in [6.07, 6.45) is 3.20. The molecule has 120 valence electrons. The highest BCUT2D eigenvalue weighted by Gasteiger charge is 2.47. The maximum Gasteiger partial charge on any atom is 0.226 e. The summed E-state index contributed by atoms with van der Waals surface area (Å²) in [5.74, 6) is 1.77. The Bertz CT molecular complexity index is 680. The molecule has 2 heterocycles. The molecule has 1 aliphatic heterocycles. The van der Waals surface area contributed by atoms with Gasteiger partial charge in [0.05, 0.1) is 13.2 Å². The number of amides is 1. The van der Waals surface area contributed by atoms with E-state index in [0.717, 1.165) is 31.6 Å². The molecular formula is C19H21NO2S. The number of carbonyl (C=O) groups is 1. The van der Waals surface area contributed by atoms with Crippen molar-refractivity contribution in [2.24, 2.45) is 5.92 Å². The summed E-state index contributed by atoms with van der Waals surface area (Å²) in [7, 11) is 1.68. The number of benzene rings is 1. The van der Waals surface area contributed by atoms with Crippen LogP contribution in [0.5, 0.6) is 5.75 Å². The molecule has 2 aliphatic rings. The highest BCUT2D eigenvalue weighted by Crippen LogP contribution is 2.50. The van der Waals surface area contributed by atoms with Gasteiger partial charge in [-0.05, 0) is 65.3 Å². The Morgan fingerprint density at radius 1 is 1.22 bits per heavy atom. The Morgan fingerprint density at radius 3 is 2.74 bits per heavy atom. The van der Waals surface area contributed by atoms with Crippen molar-refractivity contribution in [3.05, 3.63) is 52.2 Å². The Balaban J connectivity index is 1.45. The summed E-state index contributed by atoms with van der Waals surface area (Å²) < 4.78 is 5.21. The first-order valence-electron chi connectivity index (χ1n) is 8.24. The molecule has 0 radical (unpaired) electrons. The average Bonchev–Trinajstić information content (AvgIpc) is 3.00. The first-order chi connectivity index (χ1) is 11.3. The minimum atomic E-state index is 0.169. The van der Waals surface area contributed by atoms with E-state index >= 15 is 0 Å². The Morgan fingerprint density at radius 2 is 2.04 bits per heavy atom. The maximum atomic E-state index is 12.9. The lowest BCUT2D eigenvalue weighted by molar-refractivity contribution is -0.133.